The first kappa shape index (κ1) is 19.0. The van der Waals surface area contributed by atoms with Gasteiger partial charge >= 0.3 is 0 Å². The lowest BCUT2D eigenvalue weighted by Crippen LogP contribution is -2.37. The Hall–Kier alpha value is -2.03. The summed E-state index contributed by atoms with van der Waals surface area (Å²) in [5, 5.41) is 17.6. The fraction of sp³-hybridized carbons (Fsp3) is 0.571. The lowest BCUT2D eigenvalue weighted by atomic mass is 9.77. The summed E-state index contributed by atoms with van der Waals surface area (Å²) >= 11 is 1.69. The van der Waals surface area contributed by atoms with Gasteiger partial charge in [-0.15, -0.1) is 5.10 Å². The number of likely N-dealkylation sites (tertiary alicyclic amines) is 1. The largest absolute Gasteiger partial charge is 0.379 e. The fourth-order valence-corrected chi connectivity index (χ4v) is 5.82. The summed E-state index contributed by atoms with van der Waals surface area (Å²) in [5.41, 5.74) is 4.47. The summed E-state index contributed by atoms with van der Waals surface area (Å²) in [6.45, 7) is 5.30. The van der Waals surface area contributed by atoms with E-state index in [1.165, 1.54) is 5.69 Å². The van der Waals surface area contributed by atoms with Crippen LogP contribution in [0.2, 0.25) is 0 Å². The number of aromatic nitrogens is 5. The van der Waals surface area contributed by atoms with E-state index in [0.29, 0.717) is 11.8 Å². The monoisotopic (exact) mass is 412 g/mol. The van der Waals surface area contributed by atoms with E-state index < -0.39 is 0 Å². The smallest absolute Gasteiger partial charge is 0.113 e. The molecule has 2 aliphatic rings. The third-order valence-electron chi connectivity index (χ3n) is 6.61. The average molecular weight is 413 g/mol. The predicted molar refractivity (Wildman–Crippen MR) is 113 cm³/mol. The molecule has 1 saturated carbocycles. The van der Waals surface area contributed by atoms with E-state index >= 15 is 0 Å². The molecule has 8 heteroatoms. The summed E-state index contributed by atoms with van der Waals surface area (Å²) in [6.07, 6.45) is 4.45. The van der Waals surface area contributed by atoms with Crippen molar-refractivity contribution in [3.05, 3.63) is 40.5 Å². The van der Waals surface area contributed by atoms with E-state index in [4.69, 9.17) is 4.74 Å². The van der Waals surface area contributed by atoms with Gasteiger partial charge in [0.2, 0.25) is 0 Å². The predicted octanol–water partition coefficient (Wildman–Crippen LogP) is 3.15. The molecule has 5 rings (SSSR count). The van der Waals surface area contributed by atoms with Crippen LogP contribution in [0.3, 0.4) is 0 Å². The number of nitrogens with zero attached hydrogens (tertiary/aromatic N) is 6. The zero-order chi connectivity index (χ0) is 20.0. The lowest BCUT2D eigenvalue weighted by molar-refractivity contribution is -0.00545. The molecule has 1 aliphatic heterocycles. The molecule has 0 unspecified atom stereocenters. The van der Waals surface area contributed by atoms with E-state index in [9.17, 15) is 0 Å². The molecule has 0 amide bonds. The molecule has 1 saturated heterocycles. The Labute approximate surface area is 175 Å². The fourth-order valence-electron chi connectivity index (χ4n) is 5.17. The normalized spacial score (nSPS) is 27.4. The van der Waals surface area contributed by atoms with E-state index in [1.807, 2.05) is 23.5 Å². The number of methoxy groups -OCH3 is 1. The van der Waals surface area contributed by atoms with Crippen molar-refractivity contribution in [3.8, 4) is 11.3 Å². The molecule has 4 heterocycles. The Kier molecular flexibility index (Phi) is 5.01. The molecule has 0 bridgehead atoms. The van der Waals surface area contributed by atoms with Crippen LogP contribution in [-0.4, -0.2) is 56.0 Å². The number of aryl methyl sites for hydroxylation is 2. The van der Waals surface area contributed by atoms with Crippen LogP contribution in [0.15, 0.2) is 29.1 Å². The van der Waals surface area contributed by atoms with Crippen molar-refractivity contribution in [3.63, 3.8) is 0 Å². The van der Waals surface area contributed by atoms with Gasteiger partial charge in [-0.2, -0.15) is 16.4 Å². The molecule has 29 heavy (non-hydrogen) atoms. The molecule has 0 spiro atoms. The SMILES string of the molecule is CO[C@@H]1C[C@H]2CN(Cc3cc(C)nn3C)C[C@H]2C[C@H]1n1cc(-c2ccsc2)nn1. The van der Waals surface area contributed by atoms with Crippen molar-refractivity contribution >= 4 is 11.3 Å². The van der Waals surface area contributed by atoms with Gasteiger partial charge in [0, 0.05) is 44.7 Å². The van der Waals surface area contributed by atoms with Gasteiger partial charge < -0.3 is 4.74 Å². The van der Waals surface area contributed by atoms with Gasteiger partial charge in [-0.25, -0.2) is 4.68 Å². The van der Waals surface area contributed by atoms with Gasteiger partial charge in [-0.05, 0) is 49.1 Å². The highest BCUT2D eigenvalue weighted by molar-refractivity contribution is 7.08. The highest BCUT2D eigenvalue weighted by Crippen LogP contribution is 2.42. The van der Waals surface area contributed by atoms with Crippen LogP contribution < -0.4 is 0 Å². The van der Waals surface area contributed by atoms with Crippen LogP contribution >= 0.6 is 11.3 Å². The van der Waals surface area contributed by atoms with Crippen LogP contribution in [0.25, 0.3) is 11.3 Å². The first-order valence-corrected chi connectivity index (χ1v) is 11.2. The Morgan fingerprint density at radius 2 is 2.07 bits per heavy atom. The zero-order valence-corrected chi connectivity index (χ0v) is 18.0. The molecule has 4 atom stereocenters. The van der Waals surface area contributed by atoms with Gasteiger partial charge in [0.1, 0.15) is 5.69 Å². The van der Waals surface area contributed by atoms with E-state index in [1.54, 1.807) is 11.3 Å². The maximum atomic E-state index is 5.92. The molecular weight excluding hydrogens is 384 g/mol. The van der Waals surface area contributed by atoms with Gasteiger partial charge in [0.25, 0.3) is 0 Å². The van der Waals surface area contributed by atoms with E-state index in [-0.39, 0.29) is 12.1 Å². The van der Waals surface area contributed by atoms with Crippen LogP contribution in [0.5, 0.6) is 0 Å². The standard InChI is InChI=1S/C21H28N6OS/c1-14-6-18(25(2)23-14)11-26-9-16-7-20(21(28-3)8-17(16)10-26)27-12-19(22-24-27)15-4-5-29-13-15/h4-6,12-13,16-17,20-21H,7-11H2,1-3H3/t16-,17+,20-,21-/m1/s1. The first-order valence-electron chi connectivity index (χ1n) is 10.3. The van der Waals surface area contributed by atoms with Crippen molar-refractivity contribution in [1.82, 2.24) is 29.7 Å². The van der Waals surface area contributed by atoms with Gasteiger partial charge in [-0.1, -0.05) is 5.21 Å². The van der Waals surface area contributed by atoms with Crippen molar-refractivity contribution in [2.45, 2.75) is 38.5 Å². The zero-order valence-electron chi connectivity index (χ0n) is 17.2. The summed E-state index contributed by atoms with van der Waals surface area (Å²) in [4.78, 5) is 2.58. The number of hydrogen-bond donors (Lipinski definition) is 0. The van der Waals surface area contributed by atoms with Crippen LogP contribution in [0.4, 0.5) is 0 Å². The van der Waals surface area contributed by atoms with Crippen LogP contribution in [0, 0.1) is 18.8 Å². The quantitative estimate of drug-likeness (QED) is 0.644. The summed E-state index contributed by atoms with van der Waals surface area (Å²) in [6, 6.07) is 4.54. The molecule has 1 aliphatic carbocycles. The maximum Gasteiger partial charge on any atom is 0.113 e. The molecule has 7 nitrogen and oxygen atoms in total. The second kappa shape index (κ2) is 7.66. The summed E-state index contributed by atoms with van der Waals surface area (Å²) in [7, 11) is 3.87. The molecule has 2 fully saturated rings. The first-order chi connectivity index (χ1) is 14.1. The highest BCUT2D eigenvalue weighted by atomic mass is 32.1. The van der Waals surface area contributed by atoms with Gasteiger partial charge in [0.05, 0.1) is 29.7 Å². The Balaban J connectivity index is 1.30. The minimum Gasteiger partial charge on any atom is -0.379 e. The number of hydrogen-bond acceptors (Lipinski definition) is 6. The van der Waals surface area contributed by atoms with Crippen molar-refractivity contribution in [2.24, 2.45) is 18.9 Å². The molecule has 0 N–H and O–H groups in total. The highest BCUT2D eigenvalue weighted by Gasteiger charge is 2.43. The topological polar surface area (TPSA) is 61.0 Å². The third-order valence-corrected chi connectivity index (χ3v) is 7.30. The Morgan fingerprint density at radius 1 is 1.24 bits per heavy atom. The van der Waals surface area contributed by atoms with Crippen molar-refractivity contribution in [1.29, 1.82) is 0 Å². The van der Waals surface area contributed by atoms with Crippen LogP contribution in [0.1, 0.15) is 30.3 Å². The maximum absolute atomic E-state index is 5.92. The summed E-state index contributed by atoms with van der Waals surface area (Å²) < 4.78 is 9.98. The Bertz CT molecular complexity index is 964. The molecular formula is C21H28N6OS. The van der Waals surface area contributed by atoms with E-state index in [2.05, 4.69) is 56.3 Å². The molecule has 154 valence electrons. The van der Waals surface area contributed by atoms with Gasteiger partial charge in [0.15, 0.2) is 0 Å². The average Bonchev–Trinajstić information content (AvgIpc) is 3.48. The molecule has 3 aromatic rings. The number of fused-ring (bicyclic) bond motifs is 1. The second-order valence-electron chi connectivity index (χ2n) is 8.52. The number of ether oxygens (including phenoxy) is 1. The number of rotatable bonds is 5. The van der Waals surface area contributed by atoms with Crippen molar-refractivity contribution in [2.75, 3.05) is 20.2 Å². The van der Waals surface area contributed by atoms with Crippen molar-refractivity contribution < 1.29 is 4.74 Å². The lowest BCUT2D eigenvalue weighted by Gasteiger charge is -2.37. The van der Waals surface area contributed by atoms with Crippen LogP contribution in [-0.2, 0) is 18.3 Å². The molecule has 0 aromatic carbocycles. The minimum absolute atomic E-state index is 0.187. The van der Waals surface area contributed by atoms with E-state index in [0.717, 1.165) is 49.4 Å². The second-order valence-corrected chi connectivity index (χ2v) is 9.30. The molecule has 3 aromatic heterocycles. The minimum atomic E-state index is 0.187. The van der Waals surface area contributed by atoms with Gasteiger partial charge in [-0.3, -0.25) is 9.58 Å². The molecule has 0 radical (unpaired) electrons. The summed E-state index contributed by atoms with van der Waals surface area (Å²) in [5.74, 6) is 1.36. The Morgan fingerprint density at radius 3 is 2.76 bits per heavy atom. The number of thiophene rings is 1. The third kappa shape index (κ3) is 3.65.